The van der Waals surface area contributed by atoms with Crippen molar-refractivity contribution in [1.29, 1.82) is 0 Å². The molecule has 3 heterocycles. The van der Waals surface area contributed by atoms with Gasteiger partial charge in [0, 0.05) is 35.5 Å². The minimum Gasteiger partial charge on any atom is -0.313 e. The number of aromatic nitrogens is 4. The van der Waals surface area contributed by atoms with Crippen LogP contribution in [-0.2, 0) is 0 Å². The Balaban J connectivity index is 2.02. The van der Waals surface area contributed by atoms with Crippen molar-refractivity contribution in [2.24, 2.45) is 0 Å². The molecule has 2 aromatic heterocycles. The van der Waals surface area contributed by atoms with Gasteiger partial charge in [-0.25, -0.2) is 0 Å². The quantitative estimate of drug-likeness (QED) is 0.899. The van der Waals surface area contributed by atoms with Crippen molar-refractivity contribution in [2.45, 2.75) is 6.04 Å². The molecule has 16 heavy (non-hydrogen) atoms. The molecule has 0 aliphatic carbocycles. The molecule has 82 valence electrons. The van der Waals surface area contributed by atoms with Crippen molar-refractivity contribution in [2.75, 3.05) is 13.1 Å². The Morgan fingerprint density at radius 3 is 2.94 bits per heavy atom. The molecule has 1 saturated heterocycles. The van der Waals surface area contributed by atoms with Crippen molar-refractivity contribution in [3.8, 4) is 11.4 Å². The highest BCUT2D eigenvalue weighted by molar-refractivity contribution is 9.10. The van der Waals surface area contributed by atoms with Crippen LogP contribution in [0.5, 0.6) is 0 Å². The summed E-state index contributed by atoms with van der Waals surface area (Å²) in [4.78, 5) is 4.14. The Bertz CT molecular complexity index is 505. The second-order valence-electron chi connectivity index (χ2n) is 3.77. The standard InChI is InChI=1S/C10H10BrN5/c11-8-1-7(2-12-3-8)10-15-14-6-16(10)9-4-13-5-9/h1-3,6,9,13H,4-5H2. The molecule has 0 unspecified atom stereocenters. The molecule has 0 aromatic carbocycles. The Morgan fingerprint density at radius 2 is 2.25 bits per heavy atom. The van der Waals surface area contributed by atoms with Crippen LogP contribution < -0.4 is 5.32 Å². The minimum atomic E-state index is 0.462. The first kappa shape index (κ1) is 9.92. The molecule has 0 amide bonds. The lowest BCUT2D eigenvalue weighted by Gasteiger charge is -2.29. The van der Waals surface area contributed by atoms with Crippen molar-refractivity contribution in [3.63, 3.8) is 0 Å². The van der Waals surface area contributed by atoms with Gasteiger partial charge in [0.1, 0.15) is 6.33 Å². The van der Waals surface area contributed by atoms with E-state index in [4.69, 9.17) is 0 Å². The normalized spacial score (nSPS) is 16.1. The summed E-state index contributed by atoms with van der Waals surface area (Å²) in [6.45, 7) is 1.96. The van der Waals surface area contributed by atoms with Crippen LogP contribution in [0.15, 0.2) is 29.3 Å². The van der Waals surface area contributed by atoms with Gasteiger partial charge in [0.25, 0.3) is 0 Å². The van der Waals surface area contributed by atoms with E-state index in [1.165, 1.54) is 0 Å². The maximum atomic E-state index is 4.15. The predicted molar refractivity (Wildman–Crippen MR) is 62.9 cm³/mol. The number of nitrogens with one attached hydrogen (secondary N) is 1. The number of hydrogen-bond acceptors (Lipinski definition) is 4. The SMILES string of the molecule is Brc1cncc(-c2nncn2C2CNC2)c1. The molecule has 5 nitrogen and oxygen atoms in total. The summed E-state index contributed by atoms with van der Waals surface area (Å²) >= 11 is 3.41. The van der Waals surface area contributed by atoms with Gasteiger partial charge in [0.15, 0.2) is 5.82 Å². The summed E-state index contributed by atoms with van der Waals surface area (Å²) < 4.78 is 3.05. The summed E-state index contributed by atoms with van der Waals surface area (Å²) in [6, 6.07) is 2.46. The summed E-state index contributed by atoms with van der Waals surface area (Å²) in [5.41, 5.74) is 0.985. The molecule has 0 saturated carbocycles. The van der Waals surface area contributed by atoms with E-state index in [1.807, 2.05) is 6.07 Å². The van der Waals surface area contributed by atoms with Crippen LogP contribution in [-0.4, -0.2) is 32.8 Å². The van der Waals surface area contributed by atoms with Gasteiger partial charge in [-0.2, -0.15) is 0 Å². The molecule has 0 spiro atoms. The summed E-state index contributed by atoms with van der Waals surface area (Å²) in [5, 5.41) is 11.4. The summed E-state index contributed by atoms with van der Waals surface area (Å²) in [5.74, 6) is 0.875. The molecule has 1 aliphatic rings. The Kier molecular flexibility index (Phi) is 2.45. The molecule has 1 aliphatic heterocycles. The topological polar surface area (TPSA) is 55.6 Å². The van der Waals surface area contributed by atoms with Crippen LogP contribution in [0.1, 0.15) is 6.04 Å². The highest BCUT2D eigenvalue weighted by atomic mass is 79.9. The van der Waals surface area contributed by atoms with Gasteiger partial charge in [-0.05, 0) is 22.0 Å². The lowest BCUT2D eigenvalue weighted by Crippen LogP contribution is -2.43. The predicted octanol–water partition coefficient (Wildman–Crippen LogP) is 1.25. The molecule has 0 atom stereocenters. The zero-order valence-corrected chi connectivity index (χ0v) is 10.1. The number of rotatable bonds is 2. The molecule has 1 N–H and O–H groups in total. The first-order valence-electron chi connectivity index (χ1n) is 5.06. The van der Waals surface area contributed by atoms with Gasteiger partial charge < -0.3 is 9.88 Å². The van der Waals surface area contributed by atoms with Gasteiger partial charge in [-0.15, -0.1) is 10.2 Å². The van der Waals surface area contributed by atoms with Crippen molar-refractivity contribution >= 4 is 15.9 Å². The van der Waals surface area contributed by atoms with E-state index in [0.717, 1.165) is 29.0 Å². The maximum Gasteiger partial charge on any atom is 0.165 e. The first-order chi connectivity index (χ1) is 7.84. The molecule has 6 heteroatoms. The van der Waals surface area contributed by atoms with E-state index < -0.39 is 0 Å². The van der Waals surface area contributed by atoms with Crippen molar-refractivity contribution in [3.05, 3.63) is 29.3 Å². The second-order valence-corrected chi connectivity index (χ2v) is 4.68. The van der Waals surface area contributed by atoms with Crippen molar-refractivity contribution < 1.29 is 0 Å². The molecular formula is C10H10BrN5. The van der Waals surface area contributed by atoms with E-state index in [1.54, 1.807) is 18.7 Å². The zero-order valence-electron chi connectivity index (χ0n) is 8.47. The Hall–Kier alpha value is -1.27. The number of nitrogens with zero attached hydrogens (tertiary/aromatic N) is 4. The lowest BCUT2D eigenvalue weighted by atomic mass is 10.1. The van der Waals surface area contributed by atoms with Crippen LogP contribution in [0.25, 0.3) is 11.4 Å². The van der Waals surface area contributed by atoms with Crippen LogP contribution in [0.3, 0.4) is 0 Å². The maximum absolute atomic E-state index is 4.15. The monoisotopic (exact) mass is 279 g/mol. The molecule has 0 radical (unpaired) electrons. The van der Waals surface area contributed by atoms with E-state index >= 15 is 0 Å². The lowest BCUT2D eigenvalue weighted by molar-refractivity contribution is 0.345. The fourth-order valence-corrected chi connectivity index (χ4v) is 2.09. The Morgan fingerprint density at radius 1 is 1.38 bits per heavy atom. The molecule has 0 bridgehead atoms. The molecule has 2 aromatic rings. The van der Waals surface area contributed by atoms with E-state index in [-0.39, 0.29) is 0 Å². The van der Waals surface area contributed by atoms with E-state index in [0.29, 0.717) is 6.04 Å². The van der Waals surface area contributed by atoms with E-state index in [9.17, 15) is 0 Å². The van der Waals surface area contributed by atoms with Gasteiger partial charge in [-0.3, -0.25) is 4.98 Å². The fraction of sp³-hybridized carbons (Fsp3) is 0.300. The smallest absolute Gasteiger partial charge is 0.165 e. The fourth-order valence-electron chi connectivity index (χ4n) is 1.72. The zero-order chi connectivity index (χ0) is 11.0. The van der Waals surface area contributed by atoms with Crippen LogP contribution in [0.2, 0.25) is 0 Å². The van der Waals surface area contributed by atoms with Gasteiger partial charge in [-0.1, -0.05) is 0 Å². The second kappa shape index (κ2) is 3.95. The van der Waals surface area contributed by atoms with Crippen molar-refractivity contribution in [1.82, 2.24) is 25.1 Å². The third-order valence-electron chi connectivity index (χ3n) is 2.69. The molecule has 3 rings (SSSR count). The van der Waals surface area contributed by atoms with Crippen LogP contribution >= 0.6 is 15.9 Å². The van der Waals surface area contributed by atoms with E-state index in [2.05, 4.69) is 41.0 Å². The Labute approximate surface area is 101 Å². The largest absolute Gasteiger partial charge is 0.313 e. The highest BCUT2D eigenvalue weighted by Crippen LogP contribution is 2.23. The average Bonchev–Trinajstić information content (AvgIpc) is 2.64. The number of pyridine rings is 1. The van der Waals surface area contributed by atoms with Gasteiger partial charge in [0.2, 0.25) is 0 Å². The van der Waals surface area contributed by atoms with Gasteiger partial charge in [0.05, 0.1) is 6.04 Å². The average molecular weight is 280 g/mol. The highest BCUT2D eigenvalue weighted by Gasteiger charge is 2.22. The molecule has 1 fully saturated rings. The van der Waals surface area contributed by atoms with Crippen LogP contribution in [0.4, 0.5) is 0 Å². The third kappa shape index (κ3) is 1.64. The first-order valence-corrected chi connectivity index (χ1v) is 5.85. The molecular weight excluding hydrogens is 270 g/mol. The minimum absolute atomic E-state index is 0.462. The third-order valence-corrected chi connectivity index (χ3v) is 3.12. The summed E-state index contributed by atoms with van der Waals surface area (Å²) in [6.07, 6.45) is 5.34. The number of hydrogen-bond donors (Lipinski definition) is 1. The van der Waals surface area contributed by atoms with Gasteiger partial charge >= 0.3 is 0 Å². The summed E-state index contributed by atoms with van der Waals surface area (Å²) in [7, 11) is 0. The van der Waals surface area contributed by atoms with Crippen LogP contribution in [0, 0.1) is 0 Å². The number of halogens is 1.